The number of hydrogen-bond donors (Lipinski definition) is 0. The van der Waals surface area contributed by atoms with Crippen molar-refractivity contribution in [1.82, 2.24) is 0 Å². The van der Waals surface area contributed by atoms with Crippen LogP contribution in [-0.4, -0.2) is 37.2 Å². The van der Waals surface area contributed by atoms with Gasteiger partial charge in [0.2, 0.25) is 0 Å². The van der Waals surface area contributed by atoms with Crippen LogP contribution >= 0.6 is 0 Å². The van der Waals surface area contributed by atoms with Gasteiger partial charge in [-0.2, -0.15) is 0 Å². The molecule has 6 nitrogen and oxygen atoms in total. The Morgan fingerprint density at radius 3 is 0.826 bits per heavy atom. The van der Waals surface area contributed by atoms with Gasteiger partial charge in [0, 0.05) is 19.3 Å². The fourth-order valence-electron chi connectivity index (χ4n) is 9.30. The van der Waals surface area contributed by atoms with Crippen LogP contribution in [0, 0.1) is 0 Å². The predicted octanol–water partition coefficient (Wildman–Crippen LogP) is 20.7. The minimum Gasteiger partial charge on any atom is -0.462 e. The quantitative estimate of drug-likeness (QED) is 0.0261. The molecule has 0 saturated heterocycles. The number of carbonyl (C=O) groups is 3. The van der Waals surface area contributed by atoms with Gasteiger partial charge in [-0.25, -0.2) is 0 Å². The van der Waals surface area contributed by atoms with Crippen LogP contribution in [0.4, 0.5) is 0 Å². The van der Waals surface area contributed by atoms with Crippen molar-refractivity contribution >= 4 is 17.9 Å². The highest BCUT2D eigenvalue weighted by Gasteiger charge is 2.19. The monoisotopic (exact) mass is 971 g/mol. The van der Waals surface area contributed by atoms with Crippen molar-refractivity contribution in [3.63, 3.8) is 0 Å². The van der Waals surface area contributed by atoms with Crippen LogP contribution in [0.2, 0.25) is 0 Å². The number of carbonyl (C=O) groups excluding carboxylic acids is 3. The summed E-state index contributed by atoms with van der Waals surface area (Å²) in [5.74, 6) is -0.845. The Morgan fingerprint density at radius 2 is 0.522 bits per heavy atom. The lowest BCUT2D eigenvalue weighted by atomic mass is 10.0. The number of unbranched alkanes of at least 4 members (excludes halogenated alkanes) is 42. The van der Waals surface area contributed by atoms with E-state index in [1.807, 2.05) is 0 Å². The molecule has 406 valence electrons. The number of hydrogen-bond acceptors (Lipinski definition) is 6. The van der Waals surface area contributed by atoms with Gasteiger partial charge in [-0.05, 0) is 51.4 Å². The van der Waals surface area contributed by atoms with E-state index >= 15 is 0 Å². The van der Waals surface area contributed by atoms with Crippen LogP contribution in [0.25, 0.3) is 0 Å². The van der Waals surface area contributed by atoms with Crippen LogP contribution < -0.4 is 0 Å². The number of ether oxygens (including phenoxy) is 3. The second kappa shape index (κ2) is 58.5. The molecule has 0 aliphatic heterocycles. The minimum absolute atomic E-state index is 0.0664. The Bertz CT molecular complexity index is 1110. The van der Waals surface area contributed by atoms with E-state index in [0.29, 0.717) is 19.3 Å². The van der Waals surface area contributed by atoms with E-state index in [9.17, 15) is 14.4 Å². The van der Waals surface area contributed by atoms with E-state index in [0.717, 1.165) is 64.2 Å². The first-order valence-corrected chi connectivity index (χ1v) is 30.8. The van der Waals surface area contributed by atoms with Crippen LogP contribution in [0.5, 0.6) is 0 Å². The number of rotatable bonds is 57. The van der Waals surface area contributed by atoms with Gasteiger partial charge in [0.25, 0.3) is 0 Å². The van der Waals surface area contributed by atoms with E-state index in [2.05, 4.69) is 45.1 Å². The first-order valence-electron chi connectivity index (χ1n) is 30.8. The van der Waals surface area contributed by atoms with Gasteiger partial charge in [0.1, 0.15) is 13.2 Å². The Balaban J connectivity index is 4.29. The largest absolute Gasteiger partial charge is 0.462 e. The van der Waals surface area contributed by atoms with Crippen molar-refractivity contribution in [1.29, 1.82) is 0 Å². The average Bonchev–Trinajstić information content (AvgIpc) is 3.35. The average molecular weight is 972 g/mol. The van der Waals surface area contributed by atoms with Gasteiger partial charge in [-0.1, -0.05) is 295 Å². The van der Waals surface area contributed by atoms with Gasteiger partial charge in [0.15, 0.2) is 6.10 Å². The summed E-state index contributed by atoms with van der Waals surface area (Å²) in [6, 6.07) is 0. The SMILES string of the molecule is CCCCC/C=C\C/C=C\CCCCCCCCCCCC(=O)OC[C@H](COC(=O)CCCCCCCCCCCCCCC)OC(=O)CCCCCCCCCCCCCCCCCCCCC. The molecule has 0 unspecified atom stereocenters. The first kappa shape index (κ1) is 66.9. The molecular formula is C63H118O6. The molecule has 0 amide bonds. The molecule has 0 radical (unpaired) electrons. The van der Waals surface area contributed by atoms with Crippen LogP contribution in [-0.2, 0) is 28.6 Å². The standard InChI is InChI=1S/C63H118O6/c1-4-7-10-13-16-19-22-25-27-29-31-33-35-38-41-44-47-50-53-56-62(65)68-59-60(58-67-61(64)55-52-49-46-43-40-37-24-21-18-15-12-9-6-3)69-63(66)57-54-51-48-45-42-39-36-34-32-30-28-26-23-20-17-14-11-8-5-2/h16,19,25,27,60H,4-15,17-18,20-24,26,28-59H2,1-3H3/b19-16-,27-25-/t60-/m0/s1. The van der Waals surface area contributed by atoms with Crippen molar-refractivity contribution in [2.75, 3.05) is 13.2 Å². The van der Waals surface area contributed by atoms with Crippen LogP contribution in [0.3, 0.4) is 0 Å². The van der Waals surface area contributed by atoms with Gasteiger partial charge < -0.3 is 14.2 Å². The topological polar surface area (TPSA) is 78.9 Å². The molecule has 1 atom stereocenters. The van der Waals surface area contributed by atoms with E-state index in [1.54, 1.807) is 0 Å². The zero-order valence-corrected chi connectivity index (χ0v) is 46.6. The molecule has 0 saturated carbocycles. The maximum Gasteiger partial charge on any atom is 0.306 e. The fraction of sp³-hybridized carbons (Fsp3) is 0.889. The van der Waals surface area contributed by atoms with Crippen LogP contribution in [0.1, 0.15) is 342 Å². The molecule has 0 heterocycles. The molecule has 0 rings (SSSR count). The molecule has 0 bridgehead atoms. The second-order valence-corrected chi connectivity index (χ2v) is 21.0. The Kier molecular flexibility index (Phi) is 56.7. The molecule has 0 aromatic rings. The molecule has 6 heteroatoms. The molecular weight excluding hydrogens is 853 g/mol. The summed E-state index contributed by atoms with van der Waals surface area (Å²) in [6.07, 6.45) is 68.9. The van der Waals surface area contributed by atoms with E-state index in [4.69, 9.17) is 14.2 Å². The van der Waals surface area contributed by atoms with Crippen molar-refractivity contribution in [3.8, 4) is 0 Å². The summed E-state index contributed by atoms with van der Waals surface area (Å²) in [5.41, 5.74) is 0. The molecule has 0 aromatic carbocycles. The van der Waals surface area contributed by atoms with Gasteiger partial charge in [-0.3, -0.25) is 14.4 Å². The summed E-state index contributed by atoms with van der Waals surface area (Å²) in [7, 11) is 0. The van der Waals surface area contributed by atoms with Gasteiger partial charge >= 0.3 is 17.9 Å². The highest BCUT2D eigenvalue weighted by atomic mass is 16.6. The summed E-state index contributed by atoms with van der Waals surface area (Å²) in [4.78, 5) is 38.2. The Labute approximate surface area is 430 Å². The molecule has 0 aliphatic rings. The Hall–Kier alpha value is -2.11. The summed E-state index contributed by atoms with van der Waals surface area (Å²) in [6.45, 7) is 6.67. The lowest BCUT2D eigenvalue weighted by Crippen LogP contribution is -2.30. The molecule has 69 heavy (non-hydrogen) atoms. The summed E-state index contributed by atoms with van der Waals surface area (Å²) >= 11 is 0. The fourth-order valence-corrected chi connectivity index (χ4v) is 9.30. The predicted molar refractivity (Wildman–Crippen MR) is 298 cm³/mol. The second-order valence-electron chi connectivity index (χ2n) is 21.0. The van der Waals surface area contributed by atoms with Crippen LogP contribution in [0.15, 0.2) is 24.3 Å². The zero-order chi connectivity index (χ0) is 50.0. The molecule has 0 aromatic heterocycles. The molecule has 0 spiro atoms. The van der Waals surface area contributed by atoms with Crippen molar-refractivity contribution < 1.29 is 28.6 Å². The van der Waals surface area contributed by atoms with Gasteiger partial charge in [-0.15, -0.1) is 0 Å². The van der Waals surface area contributed by atoms with Crippen molar-refractivity contribution in [2.24, 2.45) is 0 Å². The lowest BCUT2D eigenvalue weighted by molar-refractivity contribution is -0.167. The number of esters is 3. The molecule has 0 aliphatic carbocycles. The number of allylic oxidation sites excluding steroid dienone is 4. The maximum absolute atomic E-state index is 12.9. The maximum atomic E-state index is 12.9. The van der Waals surface area contributed by atoms with E-state index < -0.39 is 6.10 Å². The van der Waals surface area contributed by atoms with Crippen molar-refractivity contribution in [2.45, 2.75) is 348 Å². The van der Waals surface area contributed by atoms with Gasteiger partial charge in [0.05, 0.1) is 0 Å². The van der Waals surface area contributed by atoms with Crippen molar-refractivity contribution in [3.05, 3.63) is 24.3 Å². The lowest BCUT2D eigenvalue weighted by Gasteiger charge is -2.18. The third kappa shape index (κ3) is 56.7. The van der Waals surface area contributed by atoms with E-state index in [-0.39, 0.29) is 31.1 Å². The summed E-state index contributed by atoms with van der Waals surface area (Å²) in [5, 5.41) is 0. The Morgan fingerprint density at radius 1 is 0.290 bits per heavy atom. The highest BCUT2D eigenvalue weighted by Crippen LogP contribution is 2.18. The zero-order valence-electron chi connectivity index (χ0n) is 46.6. The normalized spacial score (nSPS) is 12.1. The third-order valence-electron chi connectivity index (χ3n) is 14.0. The van der Waals surface area contributed by atoms with E-state index in [1.165, 1.54) is 238 Å². The smallest absolute Gasteiger partial charge is 0.306 e. The highest BCUT2D eigenvalue weighted by molar-refractivity contribution is 5.71. The minimum atomic E-state index is -0.768. The third-order valence-corrected chi connectivity index (χ3v) is 14.0. The molecule has 0 N–H and O–H groups in total. The molecule has 0 fully saturated rings. The first-order chi connectivity index (χ1) is 34.0. The summed E-state index contributed by atoms with van der Waals surface area (Å²) < 4.78 is 16.9.